The molecule has 0 radical (unpaired) electrons. The van der Waals surface area contributed by atoms with E-state index >= 15 is 0 Å². The van der Waals surface area contributed by atoms with Crippen LogP contribution >= 0.6 is 0 Å². The van der Waals surface area contributed by atoms with Gasteiger partial charge in [0.2, 0.25) is 0 Å². The van der Waals surface area contributed by atoms with Crippen LogP contribution in [-0.2, 0) is 0 Å². The second kappa shape index (κ2) is 9.15. The van der Waals surface area contributed by atoms with Crippen LogP contribution in [0.5, 0.6) is 5.88 Å². The minimum absolute atomic E-state index is 0.0788. The van der Waals surface area contributed by atoms with E-state index in [4.69, 9.17) is 4.74 Å². The highest BCUT2D eigenvalue weighted by molar-refractivity contribution is 5.49. The van der Waals surface area contributed by atoms with E-state index in [1.807, 2.05) is 13.8 Å². The summed E-state index contributed by atoms with van der Waals surface area (Å²) in [6, 6.07) is 3.03. The van der Waals surface area contributed by atoms with Crippen molar-refractivity contribution in [3.8, 4) is 5.88 Å². The molecule has 1 atom stereocenters. The standard InChI is InChI=1S/C15H25N3O3/c1-4-6-7-8-9-12(3)21-15-13(18(19)20)10-11-14(17-15)16-5-2/h10-12H,4-9H2,1-3H3,(H,16,17). The fourth-order valence-corrected chi connectivity index (χ4v) is 2.05. The van der Waals surface area contributed by atoms with Crippen molar-refractivity contribution in [1.29, 1.82) is 0 Å². The molecule has 6 nitrogen and oxygen atoms in total. The fraction of sp³-hybridized carbons (Fsp3) is 0.667. The summed E-state index contributed by atoms with van der Waals surface area (Å²) in [7, 11) is 0. The summed E-state index contributed by atoms with van der Waals surface area (Å²) in [5.74, 6) is 0.692. The Kier molecular flexibility index (Phi) is 7.50. The Bertz CT molecular complexity index is 452. The first-order valence-corrected chi connectivity index (χ1v) is 7.64. The third kappa shape index (κ3) is 5.97. The van der Waals surface area contributed by atoms with E-state index in [1.54, 1.807) is 6.07 Å². The molecule has 0 aromatic carbocycles. The number of nitrogens with zero attached hydrogens (tertiary/aromatic N) is 2. The zero-order valence-corrected chi connectivity index (χ0v) is 13.1. The lowest BCUT2D eigenvalue weighted by Gasteiger charge is -2.14. The maximum atomic E-state index is 11.0. The Hall–Kier alpha value is -1.85. The number of pyridine rings is 1. The lowest BCUT2D eigenvalue weighted by Crippen LogP contribution is -2.14. The van der Waals surface area contributed by atoms with Crippen molar-refractivity contribution in [2.45, 2.75) is 59.0 Å². The van der Waals surface area contributed by atoms with Gasteiger partial charge >= 0.3 is 5.69 Å². The van der Waals surface area contributed by atoms with Gasteiger partial charge in [0.05, 0.1) is 11.0 Å². The lowest BCUT2D eigenvalue weighted by atomic mass is 10.1. The Morgan fingerprint density at radius 2 is 2.10 bits per heavy atom. The average Bonchev–Trinajstić information content (AvgIpc) is 2.44. The van der Waals surface area contributed by atoms with Crippen LogP contribution in [0.15, 0.2) is 12.1 Å². The summed E-state index contributed by atoms with van der Waals surface area (Å²) >= 11 is 0. The van der Waals surface area contributed by atoms with Gasteiger partial charge in [-0.05, 0) is 32.8 Å². The highest BCUT2D eigenvalue weighted by atomic mass is 16.6. The van der Waals surface area contributed by atoms with Gasteiger partial charge < -0.3 is 10.1 Å². The molecule has 118 valence electrons. The Morgan fingerprint density at radius 1 is 1.33 bits per heavy atom. The molecule has 0 bridgehead atoms. The van der Waals surface area contributed by atoms with Crippen LogP contribution in [0.2, 0.25) is 0 Å². The van der Waals surface area contributed by atoms with Crippen LogP contribution in [0, 0.1) is 10.1 Å². The Labute approximate surface area is 126 Å². The number of unbranched alkanes of at least 4 members (excludes halogenated alkanes) is 3. The van der Waals surface area contributed by atoms with E-state index in [0.717, 1.165) is 19.3 Å². The summed E-state index contributed by atoms with van der Waals surface area (Å²) in [6.07, 6.45) is 5.43. The minimum Gasteiger partial charge on any atom is -0.470 e. The van der Waals surface area contributed by atoms with Gasteiger partial charge in [-0.15, -0.1) is 0 Å². The molecular formula is C15H25N3O3. The number of nitro groups is 1. The summed E-state index contributed by atoms with van der Waals surface area (Å²) in [4.78, 5) is 14.8. The van der Waals surface area contributed by atoms with Crippen LogP contribution in [0.1, 0.15) is 52.9 Å². The maximum Gasteiger partial charge on any atom is 0.331 e. The van der Waals surface area contributed by atoms with Crippen molar-refractivity contribution in [1.82, 2.24) is 4.98 Å². The average molecular weight is 295 g/mol. The predicted molar refractivity (Wildman–Crippen MR) is 83.9 cm³/mol. The van der Waals surface area contributed by atoms with E-state index in [9.17, 15) is 10.1 Å². The number of aromatic nitrogens is 1. The molecule has 21 heavy (non-hydrogen) atoms. The topological polar surface area (TPSA) is 77.3 Å². The number of nitrogens with one attached hydrogen (secondary N) is 1. The quantitative estimate of drug-likeness (QED) is 0.398. The molecule has 6 heteroatoms. The maximum absolute atomic E-state index is 11.0. The molecule has 0 fully saturated rings. The molecule has 1 heterocycles. The number of anilines is 1. The Morgan fingerprint density at radius 3 is 2.71 bits per heavy atom. The normalized spacial score (nSPS) is 12.0. The van der Waals surface area contributed by atoms with Crippen LogP contribution in [0.4, 0.5) is 11.5 Å². The van der Waals surface area contributed by atoms with Crippen molar-refractivity contribution >= 4 is 11.5 Å². The second-order valence-corrected chi connectivity index (χ2v) is 5.09. The largest absolute Gasteiger partial charge is 0.470 e. The predicted octanol–water partition coefficient (Wildman–Crippen LogP) is 4.16. The van der Waals surface area contributed by atoms with Crippen molar-refractivity contribution < 1.29 is 9.66 Å². The van der Waals surface area contributed by atoms with E-state index in [2.05, 4.69) is 17.2 Å². The van der Waals surface area contributed by atoms with E-state index in [1.165, 1.54) is 18.9 Å². The van der Waals surface area contributed by atoms with E-state index < -0.39 is 4.92 Å². The third-order valence-corrected chi connectivity index (χ3v) is 3.17. The first kappa shape index (κ1) is 17.2. The summed E-state index contributed by atoms with van der Waals surface area (Å²) in [5, 5.41) is 14.1. The monoisotopic (exact) mass is 295 g/mol. The molecule has 1 N–H and O–H groups in total. The van der Waals surface area contributed by atoms with Crippen molar-refractivity contribution in [3.63, 3.8) is 0 Å². The molecule has 1 aromatic rings. The summed E-state index contributed by atoms with van der Waals surface area (Å²) < 4.78 is 5.68. The van der Waals surface area contributed by atoms with Crippen molar-refractivity contribution in [3.05, 3.63) is 22.2 Å². The highest BCUT2D eigenvalue weighted by Gasteiger charge is 2.19. The fourth-order valence-electron chi connectivity index (χ4n) is 2.05. The first-order chi connectivity index (χ1) is 10.1. The molecule has 0 aliphatic carbocycles. The van der Waals surface area contributed by atoms with Crippen molar-refractivity contribution in [2.24, 2.45) is 0 Å². The van der Waals surface area contributed by atoms with Crippen LogP contribution < -0.4 is 10.1 Å². The molecule has 0 aliphatic heterocycles. The van der Waals surface area contributed by atoms with Gasteiger partial charge in [-0.1, -0.05) is 26.2 Å². The van der Waals surface area contributed by atoms with Crippen LogP contribution in [0.3, 0.4) is 0 Å². The van der Waals surface area contributed by atoms with Gasteiger partial charge in [-0.3, -0.25) is 10.1 Å². The van der Waals surface area contributed by atoms with Crippen molar-refractivity contribution in [2.75, 3.05) is 11.9 Å². The minimum atomic E-state index is -0.456. The molecule has 0 saturated carbocycles. The Balaban J connectivity index is 2.69. The van der Waals surface area contributed by atoms with E-state index in [-0.39, 0.29) is 17.7 Å². The van der Waals surface area contributed by atoms with Crippen LogP contribution in [0.25, 0.3) is 0 Å². The number of rotatable bonds is 10. The summed E-state index contributed by atoms with van der Waals surface area (Å²) in [6.45, 7) is 6.74. The zero-order valence-electron chi connectivity index (χ0n) is 13.1. The second-order valence-electron chi connectivity index (χ2n) is 5.09. The van der Waals surface area contributed by atoms with Gasteiger partial charge in [0.1, 0.15) is 5.82 Å². The molecule has 0 spiro atoms. The van der Waals surface area contributed by atoms with Crippen LogP contribution in [-0.4, -0.2) is 22.6 Å². The number of ether oxygens (including phenoxy) is 1. The summed E-state index contributed by atoms with van der Waals surface area (Å²) in [5.41, 5.74) is -0.0861. The molecule has 1 rings (SSSR count). The third-order valence-electron chi connectivity index (χ3n) is 3.17. The number of hydrogen-bond donors (Lipinski definition) is 1. The van der Waals surface area contributed by atoms with E-state index in [0.29, 0.717) is 12.4 Å². The molecule has 1 aromatic heterocycles. The molecular weight excluding hydrogens is 270 g/mol. The van der Waals surface area contributed by atoms with Gasteiger partial charge in [0, 0.05) is 12.6 Å². The molecule has 0 saturated heterocycles. The van der Waals surface area contributed by atoms with Gasteiger partial charge in [0.25, 0.3) is 5.88 Å². The molecule has 0 aliphatic rings. The first-order valence-electron chi connectivity index (χ1n) is 7.64. The van der Waals surface area contributed by atoms with Gasteiger partial charge in [0.15, 0.2) is 0 Å². The molecule has 1 unspecified atom stereocenters. The zero-order chi connectivity index (χ0) is 15.7. The molecule has 0 amide bonds. The lowest BCUT2D eigenvalue weighted by molar-refractivity contribution is -0.386. The highest BCUT2D eigenvalue weighted by Crippen LogP contribution is 2.27. The SMILES string of the molecule is CCCCCCC(C)Oc1nc(NCC)ccc1[N+](=O)[O-]. The van der Waals surface area contributed by atoms with Gasteiger partial charge in [-0.25, -0.2) is 0 Å². The van der Waals surface area contributed by atoms with Gasteiger partial charge in [-0.2, -0.15) is 4.98 Å². The number of hydrogen-bond acceptors (Lipinski definition) is 5. The smallest absolute Gasteiger partial charge is 0.331 e.